The van der Waals surface area contributed by atoms with Crippen LogP contribution in [0.15, 0.2) is 18.2 Å². The molecule has 0 saturated carbocycles. The Bertz CT molecular complexity index is 742. The zero-order chi connectivity index (χ0) is 16.3. The number of benzene rings is 1. The fraction of sp³-hybridized carbons (Fsp3) is 0.357. The molecule has 8 heteroatoms. The first kappa shape index (κ1) is 16.1. The number of hydrogen-bond acceptors (Lipinski definition) is 5. The highest BCUT2D eigenvalue weighted by Gasteiger charge is 2.33. The summed E-state index contributed by atoms with van der Waals surface area (Å²) in [4.78, 5) is 2.04. The third kappa shape index (κ3) is 3.13. The Balaban J connectivity index is 2.43. The summed E-state index contributed by atoms with van der Waals surface area (Å²) in [5.41, 5.74) is 0.480. The lowest BCUT2D eigenvalue weighted by atomic mass is 10.2. The van der Waals surface area contributed by atoms with Crippen LogP contribution in [0.2, 0.25) is 5.02 Å². The van der Waals surface area contributed by atoms with E-state index < -0.39 is 0 Å². The standard InChI is InChI=1S/C14H17ClN5O2/c1-18(2)7-3-6-17-14-13(9-16)19(21)12-8-10(15)4-5-11(12)20(14)22/h4-5,8,22H,3,6-7H2,1-2H3,(H,17,21)/q+1/p+1. The average Bonchev–Trinajstić information content (AvgIpc) is 2.48. The molecule has 0 aliphatic rings. The SMILES string of the molecule is CN(C)CCCNc1c(C#N)[n+](O)c2cc(Cl)ccc2[n+]1O. The van der Waals surface area contributed by atoms with Gasteiger partial charge in [0.2, 0.25) is 5.52 Å². The average molecular weight is 324 g/mol. The van der Waals surface area contributed by atoms with Crippen LogP contribution in [0, 0.1) is 11.3 Å². The van der Waals surface area contributed by atoms with Gasteiger partial charge in [0.05, 0.1) is 6.54 Å². The normalized spacial score (nSPS) is 10.9. The molecule has 1 aromatic heterocycles. The van der Waals surface area contributed by atoms with Crippen molar-refractivity contribution < 1.29 is 19.9 Å². The van der Waals surface area contributed by atoms with Gasteiger partial charge in [-0.05, 0) is 37.4 Å². The summed E-state index contributed by atoms with van der Waals surface area (Å²) >= 11 is 5.89. The lowest BCUT2D eigenvalue weighted by Gasteiger charge is -2.08. The lowest BCUT2D eigenvalue weighted by Crippen LogP contribution is -2.47. The van der Waals surface area contributed by atoms with E-state index in [2.05, 4.69) is 5.32 Å². The molecule has 0 amide bonds. The monoisotopic (exact) mass is 323 g/mol. The molecule has 0 fully saturated rings. The summed E-state index contributed by atoms with van der Waals surface area (Å²) in [6.07, 6.45) is 0.821. The third-order valence-electron chi connectivity index (χ3n) is 3.22. The van der Waals surface area contributed by atoms with E-state index in [1.54, 1.807) is 12.1 Å². The van der Waals surface area contributed by atoms with Gasteiger partial charge in [-0.15, -0.1) is 0 Å². The number of nitrogens with zero attached hydrogens (tertiary/aromatic N) is 4. The summed E-state index contributed by atoms with van der Waals surface area (Å²) in [6.45, 7) is 1.41. The van der Waals surface area contributed by atoms with Gasteiger partial charge in [0, 0.05) is 22.4 Å². The Kier molecular flexibility index (Phi) is 4.85. The number of halogens is 1. The molecule has 0 saturated heterocycles. The summed E-state index contributed by atoms with van der Waals surface area (Å²) in [5.74, 6) is 0.138. The molecule has 0 bridgehead atoms. The number of fused-ring (bicyclic) bond motifs is 1. The molecule has 0 unspecified atom stereocenters. The smallest absolute Gasteiger partial charge is 0.349 e. The second-order valence-corrected chi connectivity index (χ2v) is 5.59. The zero-order valence-corrected chi connectivity index (χ0v) is 13.2. The van der Waals surface area contributed by atoms with Crippen molar-refractivity contribution in [2.45, 2.75) is 6.42 Å². The molecule has 2 rings (SSSR count). The van der Waals surface area contributed by atoms with Crippen molar-refractivity contribution in [1.29, 1.82) is 5.26 Å². The maximum Gasteiger partial charge on any atom is 0.425 e. The Morgan fingerprint density at radius 3 is 2.64 bits per heavy atom. The van der Waals surface area contributed by atoms with Crippen LogP contribution in [0.1, 0.15) is 12.1 Å². The highest BCUT2D eigenvalue weighted by molar-refractivity contribution is 6.31. The highest BCUT2D eigenvalue weighted by atomic mass is 35.5. The Hall–Kier alpha value is -2.30. The van der Waals surface area contributed by atoms with Gasteiger partial charge >= 0.3 is 17.0 Å². The van der Waals surface area contributed by atoms with E-state index in [-0.39, 0.29) is 17.0 Å². The van der Waals surface area contributed by atoms with E-state index in [9.17, 15) is 15.7 Å². The molecule has 0 radical (unpaired) electrons. The summed E-state index contributed by atoms with van der Waals surface area (Å²) in [7, 11) is 3.93. The van der Waals surface area contributed by atoms with E-state index >= 15 is 0 Å². The van der Waals surface area contributed by atoms with Gasteiger partial charge in [-0.3, -0.25) is 10.5 Å². The molecular weight excluding hydrogens is 306 g/mol. The molecule has 0 aliphatic carbocycles. The first-order valence-electron chi connectivity index (χ1n) is 6.76. The van der Waals surface area contributed by atoms with Crippen LogP contribution in [-0.2, 0) is 0 Å². The maximum atomic E-state index is 10.3. The van der Waals surface area contributed by atoms with E-state index in [4.69, 9.17) is 11.6 Å². The van der Waals surface area contributed by atoms with Gasteiger partial charge in [0.15, 0.2) is 6.07 Å². The Morgan fingerprint density at radius 2 is 2.00 bits per heavy atom. The second kappa shape index (κ2) is 6.64. The van der Waals surface area contributed by atoms with Crippen molar-refractivity contribution >= 4 is 28.5 Å². The number of nitriles is 1. The van der Waals surface area contributed by atoms with Crippen molar-refractivity contribution in [2.75, 3.05) is 32.5 Å². The number of anilines is 1. The van der Waals surface area contributed by atoms with E-state index in [0.717, 1.165) is 22.4 Å². The topological polar surface area (TPSA) is 87.3 Å². The van der Waals surface area contributed by atoms with Crippen molar-refractivity contribution in [2.24, 2.45) is 0 Å². The predicted molar refractivity (Wildman–Crippen MR) is 80.1 cm³/mol. The van der Waals surface area contributed by atoms with Crippen LogP contribution in [0.25, 0.3) is 11.0 Å². The Morgan fingerprint density at radius 1 is 1.27 bits per heavy atom. The molecule has 116 valence electrons. The first-order valence-corrected chi connectivity index (χ1v) is 7.14. The number of rotatable bonds is 5. The summed E-state index contributed by atoms with van der Waals surface area (Å²) < 4.78 is 1.58. The van der Waals surface area contributed by atoms with Gasteiger partial charge in [-0.2, -0.15) is 5.26 Å². The van der Waals surface area contributed by atoms with Crippen LogP contribution >= 0.6 is 11.6 Å². The van der Waals surface area contributed by atoms with E-state index in [0.29, 0.717) is 17.1 Å². The van der Waals surface area contributed by atoms with Crippen LogP contribution in [0.4, 0.5) is 5.82 Å². The second-order valence-electron chi connectivity index (χ2n) is 5.15. The van der Waals surface area contributed by atoms with Gasteiger partial charge in [-0.25, -0.2) is 0 Å². The van der Waals surface area contributed by atoms with Crippen LogP contribution < -0.4 is 14.8 Å². The molecule has 0 aliphatic heterocycles. The molecule has 0 spiro atoms. The Labute approximate surface area is 133 Å². The molecular formula is C14H18ClN5O2+2. The molecule has 7 nitrogen and oxygen atoms in total. The van der Waals surface area contributed by atoms with Gasteiger partial charge in [-0.1, -0.05) is 11.6 Å². The van der Waals surface area contributed by atoms with Gasteiger partial charge in [0.1, 0.15) is 0 Å². The summed E-state index contributed by atoms with van der Waals surface area (Å²) in [5, 5.41) is 33.1. The number of nitrogens with one attached hydrogen (secondary N) is 1. The van der Waals surface area contributed by atoms with Gasteiger partial charge in [0.25, 0.3) is 0 Å². The van der Waals surface area contributed by atoms with Crippen molar-refractivity contribution in [3.8, 4) is 6.07 Å². The molecule has 2 aromatic rings. The predicted octanol–water partition coefficient (Wildman–Crippen LogP) is 0.778. The van der Waals surface area contributed by atoms with Crippen molar-refractivity contribution in [1.82, 2.24) is 4.90 Å². The van der Waals surface area contributed by atoms with E-state index in [1.807, 2.05) is 25.1 Å². The minimum Gasteiger partial charge on any atom is -0.349 e. The quantitative estimate of drug-likeness (QED) is 0.430. The van der Waals surface area contributed by atoms with Crippen LogP contribution in [-0.4, -0.2) is 42.5 Å². The van der Waals surface area contributed by atoms with Gasteiger partial charge < -0.3 is 10.1 Å². The van der Waals surface area contributed by atoms with E-state index in [1.165, 1.54) is 6.07 Å². The highest BCUT2D eigenvalue weighted by Crippen LogP contribution is 2.16. The molecule has 22 heavy (non-hydrogen) atoms. The van der Waals surface area contributed by atoms with Crippen LogP contribution in [0.5, 0.6) is 0 Å². The number of aromatic nitrogens is 2. The summed E-state index contributed by atoms with van der Waals surface area (Å²) in [6, 6.07) is 6.52. The largest absolute Gasteiger partial charge is 0.425 e. The maximum absolute atomic E-state index is 10.3. The van der Waals surface area contributed by atoms with Crippen LogP contribution in [0.3, 0.4) is 0 Å². The van der Waals surface area contributed by atoms with Crippen molar-refractivity contribution in [3.05, 3.63) is 28.9 Å². The molecule has 0 atom stereocenters. The fourth-order valence-corrected chi connectivity index (χ4v) is 2.31. The minimum atomic E-state index is -0.0953. The minimum absolute atomic E-state index is 0.0953. The van der Waals surface area contributed by atoms with Crippen molar-refractivity contribution in [3.63, 3.8) is 0 Å². The third-order valence-corrected chi connectivity index (χ3v) is 3.46. The number of hydrogen-bond donors (Lipinski definition) is 3. The molecule has 1 aromatic carbocycles. The first-order chi connectivity index (χ1) is 10.5. The fourth-order valence-electron chi connectivity index (χ4n) is 2.15. The molecule has 3 N–H and O–H groups in total. The zero-order valence-electron chi connectivity index (χ0n) is 12.4. The lowest BCUT2D eigenvalue weighted by molar-refractivity contribution is -0.915. The molecule has 1 heterocycles.